The summed E-state index contributed by atoms with van der Waals surface area (Å²) in [6.07, 6.45) is 1.53. The fourth-order valence-corrected chi connectivity index (χ4v) is 3.45. The molecular formula is C13H17BO3S. The first-order chi connectivity index (χ1) is 8.30. The predicted molar refractivity (Wildman–Crippen MR) is 72.7 cm³/mol. The summed E-state index contributed by atoms with van der Waals surface area (Å²) < 4.78 is 13.0. The van der Waals surface area contributed by atoms with E-state index in [1.54, 1.807) is 11.3 Å². The lowest BCUT2D eigenvalue weighted by atomic mass is 9.87. The fraction of sp³-hybridized carbons (Fsp3) is 0.615. The number of hydrogen-bond donors (Lipinski definition) is 0. The van der Waals surface area contributed by atoms with Crippen LogP contribution in [-0.4, -0.2) is 24.1 Å². The summed E-state index contributed by atoms with van der Waals surface area (Å²) in [6.45, 7) is 8.16. The van der Waals surface area contributed by atoms with Crippen LogP contribution in [0.1, 0.15) is 49.4 Å². The number of rotatable bonds is 1. The molecule has 2 aliphatic rings. The van der Waals surface area contributed by atoms with Crippen LogP contribution < -0.4 is 4.78 Å². The van der Waals surface area contributed by atoms with E-state index in [0.717, 1.165) is 16.8 Å². The molecule has 0 unspecified atom stereocenters. The van der Waals surface area contributed by atoms with E-state index in [1.165, 1.54) is 4.88 Å². The Hall–Kier alpha value is -0.645. The average Bonchev–Trinajstić information content (AvgIpc) is 2.84. The highest BCUT2D eigenvalue weighted by atomic mass is 32.1. The number of carbonyl (C=O) groups excluding carboxylic acids is 1. The van der Waals surface area contributed by atoms with E-state index < -0.39 is 0 Å². The van der Waals surface area contributed by atoms with Gasteiger partial charge in [0.05, 0.1) is 11.2 Å². The third-order valence-corrected chi connectivity index (χ3v) is 5.41. The molecule has 0 radical (unpaired) electrons. The van der Waals surface area contributed by atoms with Crippen molar-refractivity contribution in [3.05, 3.63) is 16.5 Å². The topological polar surface area (TPSA) is 35.5 Å². The van der Waals surface area contributed by atoms with Crippen molar-refractivity contribution in [3.63, 3.8) is 0 Å². The zero-order valence-electron chi connectivity index (χ0n) is 11.2. The zero-order valence-corrected chi connectivity index (χ0v) is 12.0. The number of aryl methyl sites for hydroxylation is 1. The average molecular weight is 264 g/mol. The highest BCUT2D eigenvalue weighted by molar-refractivity contribution is 7.22. The Morgan fingerprint density at radius 3 is 2.33 bits per heavy atom. The minimum Gasteiger partial charge on any atom is -0.399 e. The van der Waals surface area contributed by atoms with Gasteiger partial charge in [-0.05, 0) is 40.2 Å². The van der Waals surface area contributed by atoms with E-state index in [2.05, 4.69) is 0 Å². The number of hydrogen-bond acceptors (Lipinski definition) is 4. The summed E-state index contributed by atoms with van der Waals surface area (Å²) >= 11 is 1.65. The van der Waals surface area contributed by atoms with Crippen LogP contribution in [0.25, 0.3) is 0 Å². The van der Waals surface area contributed by atoms with E-state index in [9.17, 15) is 4.79 Å². The molecule has 5 heteroatoms. The molecule has 1 saturated heterocycles. The predicted octanol–water partition coefficient (Wildman–Crippen LogP) is 2.18. The molecule has 0 saturated carbocycles. The van der Waals surface area contributed by atoms with E-state index in [-0.39, 0.29) is 24.1 Å². The van der Waals surface area contributed by atoms with Gasteiger partial charge < -0.3 is 9.31 Å². The molecule has 0 spiro atoms. The Bertz CT molecular complexity index is 502. The summed E-state index contributed by atoms with van der Waals surface area (Å²) in [4.78, 5) is 12.9. The first-order valence-electron chi connectivity index (χ1n) is 6.32. The highest BCUT2D eigenvalue weighted by Crippen LogP contribution is 2.37. The van der Waals surface area contributed by atoms with Gasteiger partial charge in [0.25, 0.3) is 0 Å². The molecule has 18 heavy (non-hydrogen) atoms. The molecule has 0 N–H and O–H groups in total. The number of fused-ring (bicyclic) bond motifs is 1. The molecule has 0 atom stereocenters. The van der Waals surface area contributed by atoms with Gasteiger partial charge in [0.2, 0.25) is 0 Å². The van der Waals surface area contributed by atoms with Crippen LogP contribution in [0.3, 0.4) is 0 Å². The molecule has 1 aliphatic carbocycles. The lowest BCUT2D eigenvalue weighted by Gasteiger charge is -2.32. The van der Waals surface area contributed by atoms with E-state index >= 15 is 0 Å². The van der Waals surface area contributed by atoms with Gasteiger partial charge in [-0.1, -0.05) is 0 Å². The van der Waals surface area contributed by atoms with Gasteiger partial charge >= 0.3 is 7.12 Å². The van der Waals surface area contributed by atoms with Crippen molar-refractivity contribution in [2.75, 3.05) is 0 Å². The maximum absolute atomic E-state index is 11.7. The second-order valence-corrected chi connectivity index (χ2v) is 7.17. The van der Waals surface area contributed by atoms with Gasteiger partial charge in [-0.2, -0.15) is 0 Å². The Labute approximate surface area is 112 Å². The van der Waals surface area contributed by atoms with Crippen LogP contribution in [0.2, 0.25) is 0 Å². The van der Waals surface area contributed by atoms with Gasteiger partial charge in [-0.15, -0.1) is 11.3 Å². The van der Waals surface area contributed by atoms with Crippen LogP contribution in [0.5, 0.6) is 0 Å². The van der Waals surface area contributed by atoms with Gasteiger partial charge in [-0.3, -0.25) is 4.79 Å². The van der Waals surface area contributed by atoms with E-state index in [0.29, 0.717) is 6.42 Å². The molecule has 0 aromatic carbocycles. The summed E-state index contributed by atoms with van der Waals surface area (Å²) in [5.41, 5.74) is 0.233. The number of Topliss-reactive ketones (excluding diaryl/α,β-unsaturated/α-hetero) is 1. The Morgan fingerprint density at radius 2 is 1.78 bits per heavy atom. The molecular weight excluding hydrogens is 247 g/mol. The standard InChI is InChI=1S/C13H17BO3S/c1-12(2)13(3,4)17-14(16-12)11-7-8-9(15)5-6-10(8)18-11/h7H,5-6H2,1-4H3. The quantitative estimate of drug-likeness (QED) is 0.729. The number of ketones is 1. The molecule has 1 aromatic heterocycles. The molecule has 0 amide bonds. The first-order valence-corrected chi connectivity index (χ1v) is 7.13. The Balaban J connectivity index is 1.90. The van der Waals surface area contributed by atoms with Gasteiger partial charge in [0.1, 0.15) is 0 Å². The zero-order chi connectivity index (χ0) is 13.1. The maximum atomic E-state index is 11.7. The van der Waals surface area contributed by atoms with Crippen molar-refractivity contribution in [1.82, 2.24) is 0 Å². The second-order valence-electron chi connectivity index (χ2n) is 6.00. The number of carbonyl (C=O) groups is 1. The molecule has 2 heterocycles. The van der Waals surface area contributed by atoms with Crippen LogP contribution >= 0.6 is 11.3 Å². The molecule has 0 bridgehead atoms. The Morgan fingerprint density at radius 1 is 1.17 bits per heavy atom. The lowest BCUT2D eigenvalue weighted by molar-refractivity contribution is 0.00578. The fourth-order valence-electron chi connectivity index (χ4n) is 2.31. The largest absolute Gasteiger partial charge is 0.505 e. The van der Waals surface area contributed by atoms with E-state index in [1.807, 2.05) is 33.8 Å². The SMILES string of the molecule is CC1(C)OB(c2cc3c(s2)CCC3=O)OC1(C)C. The van der Waals surface area contributed by atoms with Crippen molar-refractivity contribution in [2.45, 2.75) is 51.7 Å². The van der Waals surface area contributed by atoms with E-state index in [4.69, 9.17) is 9.31 Å². The second kappa shape index (κ2) is 3.68. The minimum absolute atomic E-state index is 0.254. The Kier molecular flexibility index (Phi) is 2.54. The van der Waals surface area contributed by atoms with Gasteiger partial charge in [0, 0.05) is 21.6 Å². The minimum atomic E-state index is -0.335. The monoisotopic (exact) mass is 264 g/mol. The van der Waals surface area contributed by atoms with Crippen molar-refractivity contribution in [2.24, 2.45) is 0 Å². The summed E-state index contributed by atoms with van der Waals surface area (Å²) in [7, 11) is -0.335. The first kappa shape index (κ1) is 12.4. The highest BCUT2D eigenvalue weighted by Gasteiger charge is 2.52. The lowest BCUT2D eigenvalue weighted by Crippen LogP contribution is -2.41. The molecule has 1 aliphatic heterocycles. The summed E-state index contributed by atoms with van der Waals surface area (Å²) in [5, 5.41) is 0. The maximum Gasteiger partial charge on any atom is 0.505 e. The van der Waals surface area contributed by atoms with Gasteiger partial charge in [0.15, 0.2) is 5.78 Å². The normalized spacial score (nSPS) is 24.7. The van der Waals surface area contributed by atoms with Crippen molar-refractivity contribution in [3.8, 4) is 0 Å². The summed E-state index contributed by atoms with van der Waals surface area (Å²) in [6, 6.07) is 1.96. The summed E-state index contributed by atoms with van der Waals surface area (Å²) in [5.74, 6) is 0.254. The van der Waals surface area contributed by atoms with Crippen LogP contribution in [0.15, 0.2) is 6.07 Å². The molecule has 1 fully saturated rings. The molecule has 3 nitrogen and oxygen atoms in total. The van der Waals surface area contributed by atoms with Gasteiger partial charge in [-0.25, -0.2) is 0 Å². The third-order valence-electron chi connectivity index (χ3n) is 4.19. The smallest absolute Gasteiger partial charge is 0.399 e. The molecule has 96 valence electrons. The van der Waals surface area contributed by atoms with Crippen molar-refractivity contribution in [1.29, 1.82) is 0 Å². The third kappa shape index (κ3) is 1.68. The molecule has 1 aromatic rings. The van der Waals surface area contributed by atoms with Crippen LogP contribution in [0, 0.1) is 0 Å². The van der Waals surface area contributed by atoms with Crippen LogP contribution in [-0.2, 0) is 15.7 Å². The molecule has 3 rings (SSSR count). The number of thiophene rings is 1. The van der Waals surface area contributed by atoms with Crippen molar-refractivity contribution < 1.29 is 14.1 Å². The van der Waals surface area contributed by atoms with Crippen molar-refractivity contribution >= 4 is 29.0 Å². The van der Waals surface area contributed by atoms with Crippen LogP contribution in [0.4, 0.5) is 0 Å².